The summed E-state index contributed by atoms with van der Waals surface area (Å²) in [7, 11) is 0. The second-order valence-corrected chi connectivity index (χ2v) is 5.14. The van der Waals surface area contributed by atoms with Gasteiger partial charge in [0.2, 0.25) is 0 Å². The number of hydrogen-bond donors (Lipinski definition) is 0. The number of halogens is 1. The molecule has 0 N–H and O–H groups in total. The monoisotopic (exact) mass is 300 g/mol. The molecular weight excluding hydrogens is 284 g/mol. The minimum atomic E-state index is 0.596. The van der Waals surface area contributed by atoms with Crippen molar-refractivity contribution in [1.82, 2.24) is 0 Å². The Balaban J connectivity index is 2.53. The molecule has 0 atom stereocenters. The van der Waals surface area contributed by atoms with E-state index >= 15 is 0 Å². The van der Waals surface area contributed by atoms with E-state index in [-0.39, 0.29) is 0 Å². The lowest BCUT2D eigenvalue weighted by atomic mass is 10.0. The molecule has 0 spiro atoms. The van der Waals surface area contributed by atoms with Gasteiger partial charge in [0.05, 0.1) is 18.2 Å². The second kappa shape index (κ2) is 5.82. The Morgan fingerprint density at radius 3 is 2.00 bits per heavy atom. The first-order chi connectivity index (χ1) is 10.3. The average molecular weight is 301 g/mol. The Morgan fingerprint density at radius 2 is 1.33 bits per heavy atom. The fraction of sp³-hybridized carbons (Fsp3) is 0.222. The fourth-order valence-corrected chi connectivity index (χ4v) is 2.96. The van der Waals surface area contributed by atoms with Crippen molar-refractivity contribution in [2.45, 2.75) is 13.8 Å². The molecule has 0 bridgehead atoms. The molecule has 0 heterocycles. The van der Waals surface area contributed by atoms with Crippen molar-refractivity contribution in [2.24, 2.45) is 0 Å². The minimum absolute atomic E-state index is 0.596. The summed E-state index contributed by atoms with van der Waals surface area (Å²) in [6.07, 6.45) is 0. The van der Waals surface area contributed by atoms with Gasteiger partial charge in [-0.1, -0.05) is 48.0 Å². The summed E-state index contributed by atoms with van der Waals surface area (Å²) < 4.78 is 11.8. The van der Waals surface area contributed by atoms with E-state index in [0.29, 0.717) is 18.2 Å². The molecule has 3 rings (SSSR count). The molecule has 21 heavy (non-hydrogen) atoms. The summed E-state index contributed by atoms with van der Waals surface area (Å²) in [4.78, 5) is 0. The van der Waals surface area contributed by atoms with Crippen molar-refractivity contribution in [3.05, 3.63) is 47.5 Å². The zero-order valence-corrected chi connectivity index (χ0v) is 12.9. The van der Waals surface area contributed by atoms with E-state index in [2.05, 4.69) is 6.07 Å². The maximum absolute atomic E-state index is 6.43. The Bertz CT molecular complexity index is 796. The van der Waals surface area contributed by atoms with Crippen LogP contribution in [-0.4, -0.2) is 13.2 Å². The van der Waals surface area contributed by atoms with E-state index in [4.69, 9.17) is 21.1 Å². The summed E-state index contributed by atoms with van der Waals surface area (Å²) in [5.74, 6) is 1.70. The van der Waals surface area contributed by atoms with E-state index < -0.39 is 0 Å². The number of benzene rings is 3. The number of hydrogen-bond acceptors (Lipinski definition) is 2. The van der Waals surface area contributed by atoms with Crippen molar-refractivity contribution >= 4 is 33.1 Å². The van der Waals surface area contributed by atoms with Gasteiger partial charge in [0, 0.05) is 21.5 Å². The average Bonchev–Trinajstić information content (AvgIpc) is 2.51. The molecule has 0 radical (unpaired) electrons. The highest BCUT2D eigenvalue weighted by molar-refractivity contribution is 6.37. The van der Waals surface area contributed by atoms with Crippen LogP contribution in [0.25, 0.3) is 21.5 Å². The summed E-state index contributed by atoms with van der Waals surface area (Å²) in [6.45, 7) is 5.17. The molecule has 3 aromatic rings. The normalized spacial score (nSPS) is 11.0. The minimum Gasteiger partial charge on any atom is -0.493 e. The van der Waals surface area contributed by atoms with Crippen LogP contribution in [0.5, 0.6) is 11.5 Å². The van der Waals surface area contributed by atoms with Crippen LogP contribution in [0.2, 0.25) is 5.02 Å². The van der Waals surface area contributed by atoms with E-state index in [0.717, 1.165) is 33.0 Å². The lowest BCUT2D eigenvalue weighted by Crippen LogP contribution is -1.98. The van der Waals surface area contributed by atoms with Crippen LogP contribution in [-0.2, 0) is 0 Å². The largest absolute Gasteiger partial charge is 0.493 e. The van der Waals surface area contributed by atoms with Crippen molar-refractivity contribution in [1.29, 1.82) is 0 Å². The van der Waals surface area contributed by atoms with E-state index in [1.807, 2.05) is 50.2 Å². The zero-order chi connectivity index (χ0) is 14.8. The zero-order valence-electron chi connectivity index (χ0n) is 12.2. The van der Waals surface area contributed by atoms with Gasteiger partial charge >= 0.3 is 0 Å². The molecule has 0 aliphatic rings. The fourth-order valence-electron chi connectivity index (χ4n) is 2.70. The quantitative estimate of drug-likeness (QED) is 0.597. The van der Waals surface area contributed by atoms with Gasteiger partial charge in [0.15, 0.2) is 0 Å². The lowest BCUT2D eigenvalue weighted by Gasteiger charge is -2.17. The van der Waals surface area contributed by atoms with E-state index in [1.54, 1.807) is 0 Å². The summed E-state index contributed by atoms with van der Waals surface area (Å²) in [5, 5.41) is 4.68. The van der Waals surface area contributed by atoms with E-state index in [9.17, 15) is 0 Å². The third kappa shape index (κ3) is 2.30. The molecule has 0 saturated heterocycles. The SMILES string of the molecule is CCOc1c2ccccc2c(OCC)c2c(Cl)cccc12. The van der Waals surface area contributed by atoms with Crippen LogP contribution in [0.1, 0.15) is 13.8 Å². The third-order valence-electron chi connectivity index (χ3n) is 3.48. The number of ether oxygens (including phenoxy) is 2. The van der Waals surface area contributed by atoms with Gasteiger partial charge in [-0.05, 0) is 19.9 Å². The van der Waals surface area contributed by atoms with Crippen molar-refractivity contribution in [3.8, 4) is 11.5 Å². The Kier molecular flexibility index (Phi) is 3.89. The first-order valence-electron chi connectivity index (χ1n) is 7.16. The van der Waals surface area contributed by atoms with Gasteiger partial charge < -0.3 is 9.47 Å². The molecule has 2 nitrogen and oxygen atoms in total. The molecule has 0 aromatic heterocycles. The molecule has 0 aliphatic heterocycles. The highest BCUT2D eigenvalue weighted by Crippen LogP contribution is 2.45. The second-order valence-electron chi connectivity index (χ2n) is 4.73. The summed E-state index contributed by atoms with van der Waals surface area (Å²) in [6, 6.07) is 14.0. The number of fused-ring (bicyclic) bond motifs is 2. The smallest absolute Gasteiger partial charge is 0.136 e. The topological polar surface area (TPSA) is 18.5 Å². The van der Waals surface area contributed by atoms with Gasteiger partial charge in [0.25, 0.3) is 0 Å². The van der Waals surface area contributed by atoms with Crippen molar-refractivity contribution in [3.63, 3.8) is 0 Å². The van der Waals surface area contributed by atoms with Crippen molar-refractivity contribution < 1.29 is 9.47 Å². The highest BCUT2D eigenvalue weighted by atomic mass is 35.5. The molecular formula is C18H17ClO2. The first kappa shape index (κ1) is 14.0. The molecule has 3 aromatic carbocycles. The Hall–Kier alpha value is -1.93. The van der Waals surface area contributed by atoms with Crippen LogP contribution in [0, 0.1) is 0 Å². The molecule has 0 saturated carbocycles. The third-order valence-corrected chi connectivity index (χ3v) is 3.79. The maximum Gasteiger partial charge on any atom is 0.136 e. The van der Waals surface area contributed by atoms with Gasteiger partial charge in [-0.3, -0.25) is 0 Å². The standard InChI is InChI=1S/C18H17ClO2/c1-3-20-17-12-8-5-6-9-13(12)18(21-4-2)16-14(17)10-7-11-15(16)19/h5-11H,3-4H2,1-2H3. The van der Waals surface area contributed by atoms with E-state index in [1.165, 1.54) is 0 Å². The molecule has 0 unspecified atom stereocenters. The number of rotatable bonds is 4. The molecule has 0 amide bonds. The summed E-state index contributed by atoms with van der Waals surface area (Å²) in [5.41, 5.74) is 0. The highest BCUT2D eigenvalue weighted by Gasteiger charge is 2.17. The molecule has 3 heteroatoms. The Morgan fingerprint density at radius 1 is 0.762 bits per heavy atom. The first-order valence-corrected chi connectivity index (χ1v) is 7.54. The summed E-state index contributed by atoms with van der Waals surface area (Å²) >= 11 is 6.43. The predicted octanol–water partition coefficient (Wildman–Crippen LogP) is 5.44. The van der Waals surface area contributed by atoms with Crippen LogP contribution < -0.4 is 9.47 Å². The molecule has 0 fully saturated rings. The van der Waals surface area contributed by atoms with Crippen molar-refractivity contribution in [2.75, 3.05) is 13.2 Å². The molecule has 108 valence electrons. The van der Waals surface area contributed by atoms with Gasteiger partial charge in [0.1, 0.15) is 11.5 Å². The van der Waals surface area contributed by atoms with Gasteiger partial charge in [-0.2, -0.15) is 0 Å². The Labute approximate surface area is 129 Å². The molecule has 0 aliphatic carbocycles. The van der Waals surface area contributed by atoms with Gasteiger partial charge in [-0.25, -0.2) is 0 Å². The van der Waals surface area contributed by atoms with Crippen LogP contribution >= 0.6 is 11.6 Å². The van der Waals surface area contributed by atoms with Gasteiger partial charge in [-0.15, -0.1) is 0 Å². The van der Waals surface area contributed by atoms with Crippen LogP contribution in [0.4, 0.5) is 0 Å². The lowest BCUT2D eigenvalue weighted by molar-refractivity contribution is 0.342. The predicted molar refractivity (Wildman–Crippen MR) is 88.8 cm³/mol. The van der Waals surface area contributed by atoms with Crippen LogP contribution in [0.3, 0.4) is 0 Å². The maximum atomic E-state index is 6.43. The van der Waals surface area contributed by atoms with Crippen LogP contribution in [0.15, 0.2) is 42.5 Å².